The lowest BCUT2D eigenvalue weighted by molar-refractivity contribution is -0.136. The molecule has 10 heteroatoms. The van der Waals surface area contributed by atoms with E-state index in [-0.39, 0.29) is 22.8 Å². The van der Waals surface area contributed by atoms with Crippen LogP contribution in [0.5, 0.6) is 0 Å². The molecular formula is C13H18N2O6S2. The third-order valence-electron chi connectivity index (χ3n) is 3.47. The maximum absolute atomic E-state index is 12.3. The van der Waals surface area contributed by atoms with Crippen LogP contribution in [0.3, 0.4) is 0 Å². The van der Waals surface area contributed by atoms with E-state index in [2.05, 4.69) is 4.72 Å². The SMILES string of the molecule is O=C(O)CCNS(=O)(=O)c1ccc(S(=O)(=O)N2CCCC2)cc1. The number of hydrogen-bond acceptors (Lipinski definition) is 5. The fourth-order valence-electron chi connectivity index (χ4n) is 2.24. The number of rotatable bonds is 7. The van der Waals surface area contributed by atoms with Gasteiger partial charge in [0.1, 0.15) is 0 Å². The van der Waals surface area contributed by atoms with Crippen LogP contribution in [0.4, 0.5) is 0 Å². The molecular weight excluding hydrogens is 344 g/mol. The van der Waals surface area contributed by atoms with Crippen molar-refractivity contribution in [2.75, 3.05) is 19.6 Å². The maximum atomic E-state index is 12.3. The second kappa shape index (κ2) is 6.95. The van der Waals surface area contributed by atoms with Gasteiger partial charge in [-0.1, -0.05) is 0 Å². The van der Waals surface area contributed by atoms with E-state index in [0.29, 0.717) is 13.1 Å². The van der Waals surface area contributed by atoms with Crippen LogP contribution in [-0.2, 0) is 24.8 Å². The molecule has 1 saturated heterocycles. The van der Waals surface area contributed by atoms with Gasteiger partial charge in [0.05, 0.1) is 16.2 Å². The van der Waals surface area contributed by atoms with Gasteiger partial charge in [0.25, 0.3) is 0 Å². The molecule has 2 rings (SSSR count). The van der Waals surface area contributed by atoms with Gasteiger partial charge >= 0.3 is 5.97 Å². The zero-order valence-electron chi connectivity index (χ0n) is 12.3. The lowest BCUT2D eigenvalue weighted by atomic mass is 10.4. The minimum Gasteiger partial charge on any atom is -0.481 e. The summed E-state index contributed by atoms with van der Waals surface area (Å²) >= 11 is 0. The van der Waals surface area contributed by atoms with Gasteiger partial charge in [-0.15, -0.1) is 0 Å². The normalized spacial score (nSPS) is 16.5. The number of sulfonamides is 2. The molecule has 1 fully saturated rings. The molecule has 8 nitrogen and oxygen atoms in total. The van der Waals surface area contributed by atoms with Crippen molar-refractivity contribution in [1.82, 2.24) is 9.03 Å². The highest BCUT2D eigenvalue weighted by molar-refractivity contribution is 7.89. The first kappa shape index (κ1) is 17.9. The molecule has 1 heterocycles. The minimum atomic E-state index is -3.86. The minimum absolute atomic E-state index is 0.0453. The highest BCUT2D eigenvalue weighted by atomic mass is 32.2. The zero-order valence-corrected chi connectivity index (χ0v) is 13.9. The molecule has 1 aromatic rings. The van der Waals surface area contributed by atoms with E-state index in [1.807, 2.05) is 0 Å². The first-order chi connectivity index (χ1) is 10.7. The first-order valence-electron chi connectivity index (χ1n) is 7.05. The number of carboxylic acids is 1. The summed E-state index contributed by atoms with van der Waals surface area (Å²) < 4.78 is 52.1. The van der Waals surface area contributed by atoms with Gasteiger partial charge in [-0.3, -0.25) is 4.79 Å². The molecule has 0 atom stereocenters. The fourth-order valence-corrected chi connectivity index (χ4v) is 4.79. The third kappa shape index (κ3) is 4.28. The number of hydrogen-bond donors (Lipinski definition) is 2. The van der Waals surface area contributed by atoms with Gasteiger partial charge in [-0.05, 0) is 37.1 Å². The Bertz CT molecular complexity index is 765. The molecule has 23 heavy (non-hydrogen) atoms. The number of aliphatic carboxylic acids is 1. The number of carbonyl (C=O) groups is 1. The molecule has 1 aliphatic rings. The van der Waals surface area contributed by atoms with Crippen molar-refractivity contribution in [3.05, 3.63) is 24.3 Å². The van der Waals surface area contributed by atoms with Gasteiger partial charge in [0, 0.05) is 19.6 Å². The summed E-state index contributed by atoms with van der Waals surface area (Å²) in [6, 6.07) is 4.90. The molecule has 0 bridgehead atoms. The number of carboxylic acid groups (broad SMARTS) is 1. The van der Waals surface area contributed by atoms with E-state index in [0.717, 1.165) is 12.8 Å². The molecule has 128 valence electrons. The summed E-state index contributed by atoms with van der Waals surface area (Å²) in [6.07, 6.45) is 1.30. The molecule has 0 amide bonds. The number of nitrogens with zero attached hydrogens (tertiary/aromatic N) is 1. The molecule has 1 aromatic carbocycles. The predicted molar refractivity (Wildman–Crippen MR) is 81.9 cm³/mol. The van der Waals surface area contributed by atoms with Crippen LogP contribution in [0.2, 0.25) is 0 Å². The fraction of sp³-hybridized carbons (Fsp3) is 0.462. The Morgan fingerprint density at radius 3 is 2.09 bits per heavy atom. The Morgan fingerprint density at radius 2 is 1.57 bits per heavy atom. The van der Waals surface area contributed by atoms with Crippen molar-refractivity contribution in [2.24, 2.45) is 0 Å². The van der Waals surface area contributed by atoms with E-state index in [4.69, 9.17) is 5.11 Å². The molecule has 2 N–H and O–H groups in total. The van der Waals surface area contributed by atoms with Crippen molar-refractivity contribution in [3.63, 3.8) is 0 Å². The second-order valence-electron chi connectivity index (χ2n) is 5.12. The van der Waals surface area contributed by atoms with Gasteiger partial charge in [0.2, 0.25) is 20.0 Å². The van der Waals surface area contributed by atoms with Crippen LogP contribution in [-0.4, -0.2) is 51.9 Å². The number of nitrogens with one attached hydrogen (secondary N) is 1. The zero-order chi connectivity index (χ0) is 17.1. The van der Waals surface area contributed by atoms with Crippen molar-refractivity contribution >= 4 is 26.0 Å². The van der Waals surface area contributed by atoms with Crippen molar-refractivity contribution in [2.45, 2.75) is 29.1 Å². The second-order valence-corrected chi connectivity index (χ2v) is 8.83. The Hall–Kier alpha value is -1.49. The highest BCUT2D eigenvalue weighted by Gasteiger charge is 2.27. The van der Waals surface area contributed by atoms with E-state index in [1.165, 1.54) is 28.6 Å². The monoisotopic (exact) mass is 362 g/mol. The van der Waals surface area contributed by atoms with Gasteiger partial charge < -0.3 is 5.11 Å². The summed E-state index contributed by atoms with van der Waals surface area (Å²) in [6.45, 7) is 0.712. The van der Waals surface area contributed by atoms with E-state index in [1.54, 1.807) is 0 Å². The summed E-state index contributed by atoms with van der Waals surface area (Å²) in [5.74, 6) is -1.11. The molecule has 0 aromatic heterocycles. The highest BCUT2D eigenvalue weighted by Crippen LogP contribution is 2.22. The quantitative estimate of drug-likeness (QED) is 0.716. The van der Waals surface area contributed by atoms with Gasteiger partial charge in [0.15, 0.2) is 0 Å². The largest absolute Gasteiger partial charge is 0.481 e. The Kier molecular flexibility index (Phi) is 5.40. The smallest absolute Gasteiger partial charge is 0.304 e. The average Bonchev–Trinajstić information content (AvgIpc) is 3.01. The Labute approximate surface area is 135 Å². The lowest BCUT2D eigenvalue weighted by Gasteiger charge is -2.15. The van der Waals surface area contributed by atoms with Gasteiger partial charge in [-0.2, -0.15) is 4.31 Å². The Morgan fingerprint density at radius 1 is 1.04 bits per heavy atom. The maximum Gasteiger partial charge on any atom is 0.304 e. The summed E-state index contributed by atoms with van der Waals surface area (Å²) in [7, 11) is -7.45. The third-order valence-corrected chi connectivity index (χ3v) is 6.86. The van der Waals surface area contributed by atoms with Crippen LogP contribution >= 0.6 is 0 Å². The molecule has 0 spiro atoms. The summed E-state index contributed by atoms with van der Waals surface area (Å²) in [5.41, 5.74) is 0. The van der Waals surface area contributed by atoms with Crippen molar-refractivity contribution in [3.8, 4) is 0 Å². The van der Waals surface area contributed by atoms with E-state index in [9.17, 15) is 21.6 Å². The van der Waals surface area contributed by atoms with Gasteiger partial charge in [-0.25, -0.2) is 21.6 Å². The molecule has 0 saturated carbocycles. The average molecular weight is 362 g/mol. The van der Waals surface area contributed by atoms with Crippen LogP contribution in [0.15, 0.2) is 34.1 Å². The standard InChI is InChI=1S/C13H18N2O6S2/c16-13(17)7-8-14-22(18,19)11-3-5-12(6-4-11)23(20,21)15-9-1-2-10-15/h3-6,14H,1-2,7-10H2,(H,16,17). The summed E-state index contributed by atoms with van der Waals surface area (Å²) in [4.78, 5) is 10.3. The number of benzene rings is 1. The Balaban J connectivity index is 2.14. The lowest BCUT2D eigenvalue weighted by Crippen LogP contribution is -2.28. The molecule has 0 radical (unpaired) electrons. The van der Waals surface area contributed by atoms with Crippen LogP contribution in [0.1, 0.15) is 19.3 Å². The predicted octanol–water partition coefficient (Wildman–Crippen LogP) is 0.224. The van der Waals surface area contributed by atoms with Crippen LogP contribution in [0, 0.1) is 0 Å². The van der Waals surface area contributed by atoms with E-state index >= 15 is 0 Å². The molecule has 0 aliphatic carbocycles. The first-order valence-corrected chi connectivity index (χ1v) is 9.97. The van der Waals surface area contributed by atoms with Crippen LogP contribution in [0.25, 0.3) is 0 Å². The topological polar surface area (TPSA) is 121 Å². The van der Waals surface area contributed by atoms with Crippen molar-refractivity contribution < 1.29 is 26.7 Å². The molecule has 0 unspecified atom stereocenters. The summed E-state index contributed by atoms with van der Waals surface area (Å²) in [5, 5.41) is 8.50. The molecule has 1 aliphatic heterocycles. The van der Waals surface area contributed by atoms with Crippen LogP contribution < -0.4 is 4.72 Å². The van der Waals surface area contributed by atoms with Crippen molar-refractivity contribution in [1.29, 1.82) is 0 Å². The van der Waals surface area contributed by atoms with E-state index < -0.39 is 26.0 Å².